The van der Waals surface area contributed by atoms with E-state index in [2.05, 4.69) is 13.8 Å². The average molecular weight is 326 g/mol. The number of hydrogen-bond acceptors (Lipinski definition) is 3. The number of rotatable bonds is 6. The van der Waals surface area contributed by atoms with Crippen LogP contribution in [0.3, 0.4) is 0 Å². The minimum absolute atomic E-state index is 0.156. The van der Waals surface area contributed by atoms with Crippen LogP contribution in [0.5, 0.6) is 5.75 Å². The van der Waals surface area contributed by atoms with Crippen LogP contribution in [0.1, 0.15) is 48.2 Å². The number of ether oxygens (including phenoxy) is 1. The molecule has 0 aliphatic rings. The van der Waals surface area contributed by atoms with E-state index in [0.717, 1.165) is 12.0 Å². The highest BCUT2D eigenvalue weighted by molar-refractivity contribution is 5.88. The van der Waals surface area contributed by atoms with Gasteiger partial charge in [-0.25, -0.2) is 4.79 Å². The molecule has 0 bridgehead atoms. The molecule has 0 saturated carbocycles. The highest BCUT2D eigenvalue weighted by Gasteiger charge is 2.18. The zero-order valence-corrected chi connectivity index (χ0v) is 14.2. The SMILES string of the molecule is CC(C)Cc1ccc(C(C)C(=O)Oc2ccc(C(=O)O)cc2)cc1. The summed E-state index contributed by atoms with van der Waals surface area (Å²) in [6.45, 7) is 6.14. The molecule has 1 N–H and O–H groups in total. The second-order valence-corrected chi connectivity index (χ2v) is 6.31. The van der Waals surface area contributed by atoms with Gasteiger partial charge in [-0.05, 0) is 54.7 Å². The van der Waals surface area contributed by atoms with Crippen molar-refractivity contribution in [3.8, 4) is 5.75 Å². The van der Waals surface area contributed by atoms with E-state index in [1.807, 2.05) is 24.3 Å². The van der Waals surface area contributed by atoms with Gasteiger partial charge >= 0.3 is 11.9 Å². The molecule has 2 rings (SSSR count). The van der Waals surface area contributed by atoms with Crippen molar-refractivity contribution in [3.63, 3.8) is 0 Å². The number of carboxylic acids is 1. The van der Waals surface area contributed by atoms with Gasteiger partial charge in [-0.2, -0.15) is 0 Å². The van der Waals surface area contributed by atoms with Gasteiger partial charge in [0.25, 0.3) is 0 Å². The van der Waals surface area contributed by atoms with Gasteiger partial charge in [0.05, 0.1) is 11.5 Å². The molecule has 0 aliphatic carbocycles. The summed E-state index contributed by atoms with van der Waals surface area (Å²) in [6.07, 6.45) is 1.01. The number of esters is 1. The van der Waals surface area contributed by atoms with Crippen LogP contribution in [0.15, 0.2) is 48.5 Å². The molecule has 4 nitrogen and oxygen atoms in total. The summed E-state index contributed by atoms with van der Waals surface area (Å²) in [5.74, 6) is -0.838. The van der Waals surface area contributed by atoms with E-state index in [1.165, 1.54) is 29.8 Å². The third kappa shape index (κ3) is 4.69. The normalized spacial score (nSPS) is 12.0. The molecule has 1 unspecified atom stereocenters. The van der Waals surface area contributed by atoms with Crippen LogP contribution in [-0.4, -0.2) is 17.0 Å². The Balaban J connectivity index is 2.02. The Kier molecular flexibility index (Phi) is 5.74. The van der Waals surface area contributed by atoms with Crippen molar-refractivity contribution in [2.45, 2.75) is 33.1 Å². The maximum atomic E-state index is 12.3. The maximum Gasteiger partial charge on any atom is 0.335 e. The first-order valence-corrected chi connectivity index (χ1v) is 8.00. The van der Waals surface area contributed by atoms with Gasteiger partial charge < -0.3 is 9.84 Å². The lowest BCUT2D eigenvalue weighted by atomic mass is 9.97. The molecule has 126 valence electrons. The van der Waals surface area contributed by atoms with Crippen LogP contribution in [-0.2, 0) is 11.2 Å². The van der Waals surface area contributed by atoms with E-state index >= 15 is 0 Å². The third-order valence-electron chi connectivity index (χ3n) is 3.80. The fraction of sp³-hybridized carbons (Fsp3) is 0.300. The fourth-order valence-corrected chi connectivity index (χ4v) is 2.42. The molecule has 0 radical (unpaired) electrons. The predicted octanol–water partition coefficient (Wildman–Crippen LogP) is 4.29. The number of carboxylic acid groups (broad SMARTS) is 1. The molecule has 0 heterocycles. The van der Waals surface area contributed by atoms with Crippen LogP contribution in [0.2, 0.25) is 0 Å². The van der Waals surface area contributed by atoms with Crippen LogP contribution >= 0.6 is 0 Å². The van der Waals surface area contributed by atoms with Crippen LogP contribution in [0, 0.1) is 5.92 Å². The van der Waals surface area contributed by atoms with E-state index in [1.54, 1.807) is 6.92 Å². The molecule has 0 amide bonds. The van der Waals surface area contributed by atoms with Crippen molar-refractivity contribution in [2.75, 3.05) is 0 Å². The minimum atomic E-state index is -1.01. The molecule has 2 aromatic carbocycles. The van der Waals surface area contributed by atoms with E-state index in [0.29, 0.717) is 11.7 Å². The first-order chi connectivity index (χ1) is 11.4. The molecule has 0 fully saturated rings. The maximum absolute atomic E-state index is 12.3. The Labute approximate surface area is 142 Å². The van der Waals surface area contributed by atoms with Gasteiger partial charge in [0.2, 0.25) is 0 Å². The lowest BCUT2D eigenvalue weighted by molar-refractivity contribution is -0.135. The van der Waals surface area contributed by atoms with Gasteiger partial charge in [-0.1, -0.05) is 38.1 Å². The molecule has 4 heteroatoms. The summed E-state index contributed by atoms with van der Waals surface area (Å²) in [7, 11) is 0. The molecule has 0 aromatic heterocycles. The van der Waals surface area contributed by atoms with Crippen LogP contribution < -0.4 is 4.74 Å². The monoisotopic (exact) mass is 326 g/mol. The Morgan fingerprint density at radius 1 is 0.958 bits per heavy atom. The minimum Gasteiger partial charge on any atom is -0.478 e. The van der Waals surface area contributed by atoms with Crippen molar-refractivity contribution in [3.05, 3.63) is 65.2 Å². The molecule has 0 spiro atoms. The van der Waals surface area contributed by atoms with E-state index < -0.39 is 11.9 Å². The Morgan fingerprint density at radius 2 is 1.54 bits per heavy atom. The van der Waals surface area contributed by atoms with E-state index in [9.17, 15) is 9.59 Å². The van der Waals surface area contributed by atoms with Crippen LogP contribution in [0.4, 0.5) is 0 Å². The summed E-state index contributed by atoms with van der Waals surface area (Å²) < 4.78 is 5.33. The largest absolute Gasteiger partial charge is 0.478 e. The highest BCUT2D eigenvalue weighted by atomic mass is 16.5. The zero-order valence-electron chi connectivity index (χ0n) is 14.2. The third-order valence-corrected chi connectivity index (χ3v) is 3.80. The van der Waals surface area contributed by atoms with Crippen molar-refractivity contribution >= 4 is 11.9 Å². The quantitative estimate of drug-likeness (QED) is 0.635. The number of benzene rings is 2. The topological polar surface area (TPSA) is 63.6 Å². The fourth-order valence-electron chi connectivity index (χ4n) is 2.42. The van der Waals surface area contributed by atoms with Crippen molar-refractivity contribution < 1.29 is 19.4 Å². The first kappa shape index (κ1) is 17.7. The summed E-state index contributed by atoms with van der Waals surface area (Å²) in [4.78, 5) is 23.1. The first-order valence-electron chi connectivity index (χ1n) is 8.00. The van der Waals surface area contributed by atoms with Gasteiger partial charge in [0.15, 0.2) is 0 Å². The van der Waals surface area contributed by atoms with Gasteiger partial charge in [0, 0.05) is 0 Å². The van der Waals surface area contributed by atoms with Crippen LogP contribution in [0.25, 0.3) is 0 Å². The Hall–Kier alpha value is -2.62. The van der Waals surface area contributed by atoms with Crippen molar-refractivity contribution in [1.29, 1.82) is 0 Å². The number of carbonyl (C=O) groups excluding carboxylic acids is 1. The summed E-state index contributed by atoms with van der Waals surface area (Å²) >= 11 is 0. The average Bonchev–Trinajstić information content (AvgIpc) is 2.54. The van der Waals surface area contributed by atoms with E-state index in [-0.39, 0.29) is 11.5 Å². The smallest absolute Gasteiger partial charge is 0.335 e. The highest BCUT2D eigenvalue weighted by Crippen LogP contribution is 2.21. The second-order valence-electron chi connectivity index (χ2n) is 6.31. The lowest BCUT2D eigenvalue weighted by Gasteiger charge is -2.13. The van der Waals surface area contributed by atoms with E-state index in [4.69, 9.17) is 9.84 Å². The molecule has 24 heavy (non-hydrogen) atoms. The van der Waals surface area contributed by atoms with Gasteiger partial charge in [-0.3, -0.25) is 4.79 Å². The zero-order chi connectivity index (χ0) is 17.7. The number of aromatic carboxylic acids is 1. The molecule has 1 atom stereocenters. The molecular weight excluding hydrogens is 304 g/mol. The Bertz CT molecular complexity index is 699. The van der Waals surface area contributed by atoms with Gasteiger partial charge in [-0.15, -0.1) is 0 Å². The van der Waals surface area contributed by atoms with Crippen molar-refractivity contribution in [1.82, 2.24) is 0 Å². The van der Waals surface area contributed by atoms with Crippen molar-refractivity contribution in [2.24, 2.45) is 5.92 Å². The Morgan fingerprint density at radius 3 is 2.04 bits per heavy atom. The molecular formula is C20H22O4. The number of carbonyl (C=O) groups is 2. The summed E-state index contributed by atoms with van der Waals surface area (Å²) in [5.41, 5.74) is 2.30. The number of hydrogen-bond donors (Lipinski definition) is 1. The predicted molar refractivity (Wildman–Crippen MR) is 92.4 cm³/mol. The molecule has 0 aliphatic heterocycles. The standard InChI is InChI=1S/C20H22O4/c1-13(2)12-15-4-6-16(7-5-15)14(3)20(23)24-18-10-8-17(9-11-18)19(21)22/h4-11,13-14H,12H2,1-3H3,(H,21,22). The molecule has 2 aromatic rings. The van der Waals surface area contributed by atoms with Gasteiger partial charge in [0.1, 0.15) is 5.75 Å². The lowest BCUT2D eigenvalue weighted by Crippen LogP contribution is -2.16. The summed E-state index contributed by atoms with van der Waals surface area (Å²) in [6, 6.07) is 13.8. The second kappa shape index (κ2) is 7.77. The summed E-state index contributed by atoms with van der Waals surface area (Å²) in [5, 5.41) is 8.86. The molecule has 0 saturated heterocycles.